The molecular formula is C16H26N2O2. The molecule has 0 saturated carbocycles. The first-order valence-electron chi connectivity index (χ1n) is 7.60. The number of aliphatic hydroxyl groups is 1. The van der Waals surface area contributed by atoms with E-state index in [0.29, 0.717) is 12.6 Å². The summed E-state index contributed by atoms with van der Waals surface area (Å²) in [4.78, 5) is 2.49. The average molecular weight is 278 g/mol. The number of nitrogen functional groups attached to an aromatic ring is 1. The SMILES string of the molecule is CCOc1ccc(N)cc1CN1CCCC1CCCO. The molecule has 0 radical (unpaired) electrons. The van der Waals surface area contributed by atoms with Crippen LogP contribution >= 0.6 is 0 Å². The van der Waals surface area contributed by atoms with Crippen molar-refractivity contribution in [2.45, 2.75) is 45.2 Å². The van der Waals surface area contributed by atoms with Crippen LogP contribution < -0.4 is 10.5 Å². The van der Waals surface area contributed by atoms with E-state index in [0.717, 1.165) is 37.4 Å². The van der Waals surface area contributed by atoms with Crippen molar-refractivity contribution in [1.29, 1.82) is 0 Å². The normalized spacial score (nSPS) is 19.4. The molecule has 1 aliphatic heterocycles. The smallest absolute Gasteiger partial charge is 0.123 e. The van der Waals surface area contributed by atoms with Gasteiger partial charge in [-0.25, -0.2) is 0 Å². The number of hydrogen-bond acceptors (Lipinski definition) is 4. The summed E-state index contributed by atoms with van der Waals surface area (Å²) >= 11 is 0. The largest absolute Gasteiger partial charge is 0.494 e. The van der Waals surface area contributed by atoms with Crippen LogP contribution in [0.25, 0.3) is 0 Å². The van der Waals surface area contributed by atoms with Gasteiger partial charge in [0.2, 0.25) is 0 Å². The Kier molecular flexibility index (Phi) is 5.68. The van der Waals surface area contributed by atoms with Crippen LogP contribution in [0.2, 0.25) is 0 Å². The van der Waals surface area contributed by atoms with Crippen molar-refractivity contribution in [2.24, 2.45) is 0 Å². The monoisotopic (exact) mass is 278 g/mol. The van der Waals surface area contributed by atoms with Gasteiger partial charge in [0.15, 0.2) is 0 Å². The fraction of sp³-hybridized carbons (Fsp3) is 0.625. The Labute approximate surface area is 121 Å². The minimum atomic E-state index is 0.285. The van der Waals surface area contributed by atoms with Gasteiger partial charge in [0.05, 0.1) is 6.61 Å². The molecule has 0 amide bonds. The molecule has 1 fully saturated rings. The minimum Gasteiger partial charge on any atom is -0.494 e. The lowest BCUT2D eigenvalue weighted by atomic mass is 10.1. The van der Waals surface area contributed by atoms with E-state index in [1.165, 1.54) is 18.4 Å². The topological polar surface area (TPSA) is 58.7 Å². The lowest BCUT2D eigenvalue weighted by molar-refractivity contribution is 0.207. The van der Waals surface area contributed by atoms with Gasteiger partial charge < -0.3 is 15.6 Å². The van der Waals surface area contributed by atoms with E-state index in [2.05, 4.69) is 4.90 Å². The first-order valence-corrected chi connectivity index (χ1v) is 7.60. The number of benzene rings is 1. The van der Waals surface area contributed by atoms with E-state index in [4.69, 9.17) is 15.6 Å². The Bertz CT molecular complexity index is 423. The van der Waals surface area contributed by atoms with Crippen LogP contribution in [0.4, 0.5) is 5.69 Å². The van der Waals surface area contributed by atoms with Crippen molar-refractivity contribution < 1.29 is 9.84 Å². The summed E-state index contributed by atoms with van der Waals surface area (Å²) in [5, 5.41) is 9.00. The van der Waals surface area contributed by atoms with Crippen LogP contribution in [0.15, 0.2) is 18.2 Å². The second kappa shape index (κ2) is 7.50. The number of aliphatic hydroxyl groups excluding tert-OH is 1. The molecule has 1 heterocycles. The Hall–Kier alpha value is -1.26. The third-order valence-corrected chi connectivity index (χ3v) is 3.95. The number of ether oxygens (including phenoxy) is 1. The van der Waals surface area contributed by atoms with E-state index in [1.807, 2.05) is 25.1 Å². The van der Waals surface area contributed by atoms with E-state index in [1.54, 1.807) is 0 Å². The summed E-state index contributed by atoms with van der Waals surface area (Å²) in [6.45, 7) is 4.96. The quantitative estimate of drug-likeness (QED) is 0.752. The number of anilines is 1. The van der Waals surface area contributed by atoms with Gasteiger partial charge >= 0.3 is 0 Å². The van der Waals surface area contributed by atoms with Crippen molar-refractivity contribution in [3.63, 3.8) is 0 Å². The number of hydrogen-bond donors (Lipinski definition) is 2. The third-order valence-electron chi connectivity index (χ3n) is 3.95. The Morgan fingerprint density at radius 2 is 2.30 bits per heavy atom. The summed E-state index contributed by atoms with van der Waals surface area (Å²) in [6.07, 6.45) is 4.42. The maximum atomic E-state index is 9.00. The first-order chi connectivity index (χ1) is 9.74. The minimum absolute atomic E-state index is 0.285. The Morgan fingerprint density at radius 3 is 3.05 bits per heavy atom. The average Bonchev–Trinajstić information content (AvgIpc) is 2.87. The van der Waals surface area contributed by atoms with E-state index < -0.39 is 0 Å². The van der Waals surface area contributed by atoms with Gasteiger partial charge in [-0.2, -0.15) is 0 Å². The fourth-order valence-electron chi connectivity index (χ4n) is 3.00. The molecule has 1 aromatic rings. The Balaban J connectivity index is 2.06. The van der Waals surface area contributed by atoms with Gasteiger partial charge in [-0.15, -0.1) is 0 Å². The molecule has 4 heteroatoms. The summed E-state index contributed by atoms with van der Waals surface area (Å²) in [5.74, 6) is 0.939. The maximum Gasteiger partial charge on any atom is 0.123 e. The van der Waals surface area contributed by atoms with E-state index in [9.17, 15) is 0 Å². The Morgan fingerprint density at radius 1 is 1.45 bits per heavy atom. The standard InChI is InChI=1S/C16H26N2O2/c1-2-20-16-8-7-14(17)11-13(16)12-18-9-3-5-15(18)6-4-10-19/h7-8,11,15,19H,2-6,9-10,12,17H2,1H3. The van der Waals surface area contributed by atoms with Crippen LogP contribution in [0.3, 0.4) is 0 Å². The number of likely N-dealkylation sites (tertiary alicyclic amines) is 1. The predicted octanol–water partition coefficient (Wildman–Crippen LogP) is 2.40. The molecule has 0 spiro atoms. The zero-order valence-electron chi connectivity index (χ0n) is 12.3. The van der Waals surface area contributed by atoms with Gasteiger partial charge in [-0.1, -0.05) is 0 Å². The highest BCUT2D eigenvalue weighted by Crippen LogP contribution is 2.28. The molecule has 112 valence electrons. The zero-order chi connectivity index (χ0) is 14.4. The van der Waals surface area contributed by atoms with Crippen molar-refractivity contribution >= 4 is 5.69 Å². The van der Waals surface area contributed by atoms with Crippen molar-refractivity contribution in [3.05, 3.63) is 23.8 Å². The summed E-state index contributed by atoms with van der Waals surface area (Å²) in [6, 6.07) is 6.46. The van der Waals surface area contributed by atoms with Gasteiger partial charge in [0, 0.05) is 30.4 Å². The molecule has 1 aromatic carbocycles. The maximum absolute atomic E-state index is 9.00. The summed E-state index contributed by atoms with van der Waals surface area (Å²) < 4.78 is 5.70. The highest BCUT2D eigenvalue weighted by molar-refractivity contribution is 5.47. The fourth-order valence-corrected chi connectivity index (χ4v) is 3.00. The molecule has 1 unspecified atom stereocenters. The van der Waals surface area contributed by atoms with Crippen LogP contribution in [0.1, 0.15) is 38.2 Å². The van der Waals surface area contributed by atoms with Crippen LogP contribution in [0, 0.1) is 0 Å². The first kappa shape index (κ1) is 15.1. The van der Waals surface area contributed by atoms with Gasteiger partial charge in [-0.05, 0) is 57.4 Å². The number of nitrogens with zero attached hydrogens (tertiary/aromatic N) is 1. The second-order valence-electron chi connectivity index (χ2n) is 5.43. The van der Waals surface area contributed by atoms with Crippen molar-refractivity contribution in [2.75, 3.05) is 25.5 Å². The molecule has 2 rings (SSSR count). The molecule has 4 nitrogen and oxygen atoms in total. The number of rotatable bonds is 7. The second-order valence-corrected chi connectivity index (χ2v) is 5.43. The van der Waals surface area contributed by atoms with Crippen LogP contribution in [-0.4, -0.2) is 35.8 Å². The molecule has 0 aromatic heterocycles. The van der Waals surface area contributed by atoms with E-state index in [-0.39, 0.29) is 6.61 Å². The van der Waals surface area contributed by atoms with Gasteiger partial charge in [-0.3, -0.25) is 4.90 Å². The highest BCUT2D eigenvalue weighted by Gasteiger charge is 2.24. The third kappa shape index (κ3) is 3.87. The molecule has 1 atom stereocenters. The summed E-state index contributed by atoms with van der Waals surface area (Å²) in [7, 11) is 0. The summed E-state index contributed by atoms with van der Waals surface area (Å²) in [5.41, 5.74) is 7.86. The molecule has 0 aliphatic carbocycles. The molecule has 20 heavy (non-hydrogen) atoms. The molecule has 0 bridgehead atoms. The van der Waals surface area contributed by atoms with Crippen LogP contribution in [-0.2, 0) is 6.54 Å². The molecular weight excluding hydrogens is 252 g/mol. The van der Waals surface area contributed by atoms with Crippen molar-refractivity contribution in [3.8, 4) is 5.75 Å². The van der Waals surface area contributed by atoms with Gasteiger partial charge in [0.1, 0.15) is 5.75 Å². The zero-order valence-corrected chi connectivity index (χ0v) is 12.3. The van der Waals surface area contributed by atoms with Crippen LogP contribution in [0.5, 0.6) is 5.75 Å². The molecule has 1 saturated heterocycles. The molecule has 3 N–H and O–H groups in total. The highest BCUT2D eigenvalue weighted by atomic mass is 16.5. The van der Waals surface area contributed by atoms with Gasteiger partial charge in [0.25, 0.3) is 0 Å². The predicted molar refractivity (Wildman–Crippen MR) is 81.8 cm³/mol. The lowest BCUT2D eigenvalue weighted by Crippen LogP contribution is -2.29. The van der Waals surface area contributed by atoms with E-state index >= 15 is 0 Å². The van der Waals surface area contributed by atoms with Crippen molar-refractivity contribution in [1.82, 2.24) is 4.90 Å². The molecule has 1 aliphatic rings. The lowest BCUT2D eigenvalue weighted by Gasteiger charge is -2.25. The number of nitrogens with two attached hydrogens (primary N) is 1.